The van der Waals surface area contributed by atoms with Crippen LogP contribution in [0.15, 0.2) is 24.3 Å². The minimum absolute atomic E-state index is 0.377. The van der Waals surface area contributed by atoms with Gasteiger partial charge >= 0.3 is 0 Å². The van der Waals surface area contributed by atoms with E-state index in [-0.39, 0.29) is 5.91 Å². The van der Waals surface area contributed by atoms with Crippen LogP contribution in [0.25, 0.3) is 0 Å². The highest BCUT2D eigenvalue weighted by Crippen LogP contribution is 2.33. The highest BCUT2D eigenvalue weighted by Gasteiger charge is 2.27. The first-order valence-electron chi connectivity index (χ1n) is 5.33. The van der Waals surface area contributed by atoms with Crippen LogP contribution in [0, 0.1) is 5.92 Å². The molecule has 3 heteroatoms. The molecule has 3 N–H and O–H groups in total. The molecule has 0 aliphatic heterocycles. The van der Waals surface area contributed by atoms with Gasteiger partial charge in [0, 0.05) is 17.3 Å². The highest BCUT2D eigenvalue weighted by molar-refractivity contribution is 5.93. The SMILES string of the molecule is CC(Nc1cccc(C(N)=O)c1)C1CC1. The van der Waals surface area contributed by atoms with Crippen LogP contribution in [0.2, 0.25) is 0 Å². The minimum atomic E-state index is -0.377. The molecule has 0 saturated heterocycles. The molecule has 0 radical (unpaired) electrons. The second-order valence-electron chi connectivity index (χ2n) is 4.22. The van der Waals surface area contributed by atoms with Gasteiger partial charge < -0.3 is 11.1 Å². The molecule has 15 heavy (non-hydrogen) atoms. The van der Waals surface area contributed by atoms with Crippen LogP contribution in [-0.2, 0) is 0 Å². The fourth-order valence-electron chi connectivity index (χ4n) is 1.74. The van der Waals surface area contributed by atoms with Crippen molar-refractivity contribution in [2.75, 3.05) is 5.32 Å². The molecule has 0 bridgehead atoms. The van der Waals surface area contributed by atoms with Crippen LogP contribution >= 0.6 is 0 Å². The maximum atomic E-state index is 11.0. The van der Waals surface area contributed by atoms with E-state index in [1.165, 1.54) is 12.8 Å². The van der Waals surface area contributed by atoms with Crippen molar-refractivity contribution < 1.29 is 4.79 Å². The van der Waals surface area contributed by atoms with Gasteiger partial charge in [-0.1, -0.05) is 6.07 Å². The number of carbonyl (C=O) groups is 1. The summed E-state index contributed by atoms with van der Waals surface area (Å²) in [5.41, 5.74) is 6.75. The number of nitrogens with one attached hydrogen (secondary N) is 1. The first-order chi connectivity index (χ1) is 7.16. The number of carbonyl (C=O) groups excluding carboxylic acids is 1. The molecule has 1 amide bonds. The van der Waals surface area contributed by atoms with Crippen molar-refractivity contribution in [3.63, 3.8) is 0 Å². The Bertz CT molecular complexity index is 372. The summed E-state index contributed by atoms with van der Waals surface area (Å²) >= 11 is 0. The zero-order valence-electron chi connectivity index (χ0n) is 8.86. The fourth-order valence-corrected chi connectivity index (χ4v) is 1.74. The number of anilines is 1. The van der Waals surface area contributed by atoms with E-state index < -0.39 is 0 Å². The summed E-state index contributed by atoms with van der Waals surface area (Å²) in [6.45, 7) is 2.18. The summed E-state index contributed by atoms with van der Waals surface area (Å²) in [6.07, 6.45) is 2.62. The number of benzene rings is 1. The molecule has 1 aromatic rings. The summed E-state index contributed by atoms with van der Waals surface area (Å²) in [6, 6.07) is 7.83. The van der Waals surface area contributed by atoms with Crippen molar-refractivity contribution in [3.8, 4) is 0 Å². The van der Waals surface area contributed by atoms with Crippen LogP contribution in [0.1, 0.15) is 30.1 Å². The Morgan fingerprint density at radius 3 is 2.87 bits per heavy atom. The molecule has 1 atom stereocenters. The second-order valence-corrected chi connectivity index (χ2v) is 4.22. The number of hydrogen-bond acceptors (Lipinski definition) is 2. The van der Waals surface area contributed by atoms with E-state index in [1.807, 2.05) is 12.1 Å². The molecule has 3 nitrogen and oxygen atoms in total. The van der Waals surface area contributed by atoms with Gasteiger partial charge in [0.25, 0.3) is 0 Å². The lowest BCUT2D eigenvalue weighted by atomic mass is 10.1. The zero-order valence-corrected chi connectivity index (χ0v) is 8.86. The Morgan fingerprint density at radius 1 is 1.53 bits per heavy atom. The molecule has 1 fully saturated rings. The zero-order chi connectivity index (χ0) is 10.8. The molecule has 1 unspecified atom stereocenters. The van der Waals surface area contributed by atoms with E-state index >= 15 is 0 Å². The van der Waals surface area contributed by atoms with Gasteiger partial charge in [0.15, 0.2) is 0 Å². The predicted molar refractivity (Wildman–Crippen MR) is 60.8 cm³/mol. The summed E-state index contributed by atoms with van der Waals surface area (Å²) < 4.78 is 0. The van der Waals surface area contributed by atoms with Crippen LogP contribution in [0.3, 0.4) is 0 Å². The molecule has 0 heterocycles. The highest BCUT2D eigenvalue weighted by atomic mass is 16.1. The lowest BCUT2D eigenvalue weighted by Gasteiger charge is -2.14. The van der Waals surface area contributed by atoms with Crippen molar-refractivity contribution >= 4 is 11.6 Å². The van der Waals surface area contributed by atoms with E-state index in [9.17, 15) is 4.79 Å². The lowest BCUT2D eigenvalue weighted by molar-refractivity contribution is 0.100. The van der Waals surface area contributed by atoms with Crippen LogP contribution < -0.4 is 11.1 Å². The van der Waals surface area contributed by atoms with Gasteiger partial charge in [-0.05, 0) is 43.9 Å². The van der Waals surface area contributed by atoms with Gasteiger partial charge in [0.1, 0.15) is 0 Å². The molecule has 0 aromatic heterocycles. The van der Waals surface area contributed by atoms with Gasteiger partial charge in [-0.2, -0.15) is 0 Å². The first-order valence-corrected chi connectivity index (χ1v) is 5.33. The first kappa shape index (κ1) is 10.0. The van der Waals surface area contributed by atoms with Crippen molar-refractivity contribution in [1.29, 1.82) is 0 Å². The average molecular weight is 204 g/mol. The summed E-state index contributed by atoms with van der Waals surface area (Å²) in [5.74, 6) is 0.417. The van der Waals surface area contributed by atoms with Gasteiger partial charge in [-0.3, -0.25) is 4.79 Å². The molecule has 0 spiro atoms. The Kier molecular flexibility index (Phi) is 2.62. The number of rotatable bonds is 4. The monoisotopic (exact) mass is 204 g/mol. The number of primary amides is 1. The third-order valence-electron chi connectivity index (χ3n) is 2.87. The van der Waals surface area contributed by atoms with Crippen LogP contribution in [-0.4, -0.2) is 11.9 Å². The standard InChI is InChI=1S/C12H16N2O/c1-8(9-5-6-9)14-11-4-2-3-10(7-11)12(13)15/h2-4,7-9,14H,5-6H2,1H3,(H2,13,15). The molecule has 2 rings (SSSR count). The third kappa shape index (κ3) is 2.49. The van der Waals surface area contributed by atoms with Gasteiger partial charge in [-0.25, -0.2) is 0 Å². The Labute approximate surface area is 89.7 Å². The maximum Gasteiger partial charge on any atom is 0.248 e. The lowest BCUT2D eigenvalue weighted by Crippen LogP contribution is -2.18. The predicted octanol–water partition coefficient (Wildman–Crippen LogP) is 2.00. The molecule has 1 aromatic carbocycles. The smallest absolute Gasteiger partial charge is 0.248 e. The normalized spacial score (nSPS) is 17.1. The van der Waals surface area contributed by atoms with E-state index in [0.717, 1.165) is 11.6 Å². The molecule has 1 saturated carbocycles. The maximum absolute atomic E-state index is 11.0. The summed E-state index contributed by atoms with van der Waals surface area (Å²) in [7, 11) is 0. The third-order valence-corrected chi connectivity index (χ3v) is 2.87. The van der Waals surface area contributed by atoms with Crippen LogP contribution in [0.4, 0.5) is 5.69 Å². The Morgan fingerprint density at radius 2 is 2.27 bits per heavy atom. The fraction of sp³-hybridized carbons (Fsp3) is 0.417. The van der Waals surface area contributed by atoms with Crippen molar-refractivity contribution in [1.82, 2.24) is 0 Å². The molecule has 1 aliphatic rings. The van der Waals surface area contributed by atoms with E-state index in [2.05, 4.69) is 12.2 Å². The Hall–Kier alpha value is -1.51. The second kappa shape index (κ2) is 3.93. The van der Waals surface area contributed by atoms with E-state index in [1.54, 1.807) is 12.1 Å². The average Bonchev–Trinajstić information content (AvgIpc) is 3.01. The number of hydrogen-bond donors (Lipinski definition) is 2. The Balaban J connectivity index is 2.07. The molecule has 1 aliphatic carbocycles. The van der Waals surface area contributed by atoms with Crippen molar-refractivity contribution in [2.24, 2.45) is 11.7 Å². The van der Waals surface area contributed by atoms with Crippen LogP contribution in [0.5, 0.6) is 0 Å². The van der Waals surface area contributed by atoms with E-state index in [0.29, 0.717) is 11.6 Å². The van der Waals surface area contributed by atoms with Crippen molar-refractivity contribution in [2.45, 2.75) is 25.8 Å². The van der Waals surface area contributed by atoms with Gasteiger partial charge in [0.2, 0.25) is 5.91 Å². The van der Waals surface area contributed by atoms with E-state index in [4.69, 9.17) is 5.73 Å². The largest absolute Gasteiger partial charge is 0.382 e. The molecular weight excluding hydrogens is 188 g/mol. The molecular formula is C12H16N2O. The quantitative estimate of drug-likeness (QED) is 0.788. The minimum Gasteiger partial charge on any atom is -0.382 e. The topological polar surface area (TPSA) is 55.1 Å². The summed E-state index contributed by atoms with van der Waals surface area (Å²) in [4.78, 5) is 11.0. The van der Waals surface area contributed by atoms with Gasteiger partial charge in [0.05, 0.1) is 0 Å². The van der Waals surface area contributed by atoms with Crippen molar-refractivity contribution in [3.05, 3.63) is 29.8 Å². The van der Waals surface area contributed by atoms with Gasteiger partial charge in [-0.15, -0.1) is 0 Å². The summed E-state index contributed by atoms with van der Waals surface area (Å²) in [5, 5.41) is 3.39. The molecule has 80 valence electrons. The number of nitrogens with two attached hydrogens (primary N) is 1. The number of amides is 1.